The van der Waals surface area contributed by atoms with Crippen LogP contribution >= 0.6 is 0 Å². The highest BCUT2D eigenvalue weighted by Gasteiger charge is 2.72. The van der Waals surface area contributed by atoms with Crippen LogP contribution in [0.4, 0.5) is 4.79 Å². The van der Waals surface area contributed by atoms with Crippen LogP contribution in [0.3, 0.4) is 0 Å². The molecule has 0 saturated carbocycles. The molecule has 0 bridgehead atoms. The number of carbonyl (C=O) groups is 1. The highest BCUT2D eigenvalue weighted by Crippen LogP contribution is 2.26. The average molecular weight is 412 g/mol. The minimum atomic E-state index is -4.15. The summed E-state index contributed by atoms with van der Waals surface area (Å²) in [4.78, 5) is 47.0. The Morgan fingerprint density at radius 1 is 1.00 bits per heavy atom. The largest absolute Gasteiger partial charge is 0.734 e. The van der Waals surface area contributed by atoms with E-state index in [9.17, 15) is 50.5 Å². The van der Waals surface area contributed by atoms with Gasteiger partial charge in [-0.1, -0.05) is 0 Å². The highest BCUT2D eigenvalue weighted by atomic mass is 16.8. The third kappa shape index (κ3) is 4.03. The smallest absolute Gasteiger partial charge is 0.594 e. The number of azo groups is 1. The van der Waals surface area contributed by atoms with Gasteiger partial charge in [0.15, 0.2) is 33.8 Å². The summed E-state index contributed by atoms with van der Waals surface area (Å²) in [6.07, 6.45) is -2.09. The lowest BCUT2D eigenvalue weighted by molar-refractivity contribution is -0.970. The van der Waals surface area contributed by atoms with Gasteiger partial charge < -0.3 is 19.4 Å². The summed E-state index contributed by atoms with van der Waals surface area (Å²) < 4.78 is 13.9. The fourth-order valence-electron chi connectivity index (χ4n) is 1.66. The molecule has 1 heterocycles. The molecule has 28 heavy (non-hydrogen) atoms. The average Bonchev–Trinajstić information content (AvgIpc) is 2.54. The molecule has 0 aromatic carbocycles. The molecule has 1 amide bonds. The molecule has 1 saturated heterocycles. The molecular weight excluding hydrogens is 400 g/mol. The number of ether oxygens (including phenoxy) is 3. The SMILES string of the molecule is CC1(C)OCC([N+](=O)[O-])(/[N+]([O-])=N/C(=O)OCC([N+](=O)[O-])([N+](=O)[O-])[N+](=O)[O-])CO1. The molecule has 1 rings (SSSR count). The maximum Gasteiger partial charge on any atom is 0.734 e. The van der Waals surface area contributed by atoms with Crippen molar-refractivity contribution in [1.29, 1.82) is 0 Å². The van der Waals surface area contributed by atoms with E-state index in [0.29, 0.717) is 0 Å². The summed E-state index contributed by atoms with van der Waals surface area (Å²) in [6.45, 7) is -1.07. The van der Waals surface area contributed by atoms with Crippen molar-refractivity contribution in [3.63, 3.8) is 0 Å². The van der Waals surface area contributed by atoms with Crippen LogP contribution < -0.4 is 0 Å². The van der Waals surface area contributed by atoms with Gasteiger partial charge in [0, 0.05) is 0 Å². The van der Waals surface area contributed by atoms with Gasteiger partial charge in [-0.05, 0) is 18.7 Å². The van der Waals surface area contributed by atoms with Crippen LogP contribution in [0.2, 0.25) is 0 Å². The Hall–Kier alpha value is -3.61. The van der Waals surface area contributed by atoms with Gasteiger partial charge in [0.1, 0.15) is 10.0 Å². The summed E-state index contributed by atoms with van der Waals surface area (Å²) in [6, 6.07) is 0. The number of nitro groups is 4. The van der Waals surface area contributed by atoms with Gasteiger partial charge in [0.25, 0.3) is 0 Å². The van der Waals surface area contributed by atoms with Crippen LogP contribution in [0.25, 0.3) is 0 Å². The molecule has 19 heteroatoms. The molecule has 0 radical (unpaired) electrons. The summed E-state index contributed by atoms with van der Waals surface area (Å²) in [5.74, 6) is -5.44. The number of hydroxylamine groups is 1. The predicted octanol–water partition coefficient (Wildman–Crippen LogP) is -0.675. The van der Waals surface area contributed by atoms with Gasteiger partial charge in [-0.3, -0.25) is 40.5 Å². The fraction of sp³-hybridized carbons (Fsp3) is 0.889. The van der Waals surface area contributed by atoms with Crippen LogP contribution in [0.1, 0.15) is 13.8 Å². The number of nitrogens with zero attached hydrogens (tertiary/aromatic N) is 6. The molecule has 0 aromatic heterocycles. The molecular formula is C9H12N6O13. The molecule has 156 valence electrons. The molecule has 19 nitrogen and oxygen atoms in total. The summed E-state index contributed by atoms with van der Waals surface area (Å²) in [7, 11) is 0. The third-order valence-electron chi connectivity index (χ3n) is 3.44. The topological polar surface area (TPSA) is 256 Å². The maximum absolute atomic E-state index is 12.0. The molecule has 0 N–H and O–H groups in total. The van der Waals surface area contributed by atoms with Gasteiger partial charge in [0.2, 0.25) is 0 Å². The van der Waals surface area contributed by atoms with Crippen molar-refractivity contribution >= 4 is 6.09 Å². The quantitative estimate of drug-likeness (QED) is 0.165. The van der Waals surface area contributed by atoms with E-state index in [-0.39, 0.29) is 0 Å². The lowest BCUT2D eigenvalue weighted by atomic mass is 10.2. The first-order chi connectivity index (χ1) is 12.7. The van der Waals surface area contributed by atoms with E-state index >= 15 is 0 Å². The molecule has 1 fully saturated rings. The zero-order valence-electron chi connectivity index (χ0n) is 14.1. The van der Waals surface area contributed by atoms with Crippen LogP contribution in [0.15, 0.2) is 5.11 Å². The number of amides is 1. The monoisotopic (exact) mass is 412 g/mol. The lowest BCUT2D eigenvalue weighted by Gasteiger charge is -2.34. The summed E-state index contributed by atoms with van der Waals surface area (Å²) in [5.41, 5.74) is -2.74. The zero-order valence-corrected chi connectivity index (χ0v) is 14.1. The van der Waals surface area contributed by atoms with Crippen molar-refractivity contribution in [2.75, 3.05) is 19.8 Å². The Kier molecular flexibility index (Phi) is 6.05. The van der Waals surface area contributed by atoms with Crippen molar-refractivity contribution < 1.29 is 43.6 Å². The van der Waals surface area contributed by atoms with Crippen molar-refractivity contribution in [3.05, 3.63) is 45.7 Å². The summed E-state index contributed by atoms with van der Waals surface area (Å²) >= 11 is 0. The van der Waals surface area contributed by atoms with E-state index < -0.39 is 67.7 Å². The molecule has 0 spiro atoms. The van der Waals surface area contributed by atoms with Crippen molar-refractivity contribution in [2.24, 2.45) is 5.11 Å². The second-order valence-electron chi connectivity index (χ2n) is 5.69. The van der Waals surface area contributed by atoms with Gasteiger partial charge >= 0.3 is 24.1 Å². The van der Waals surface area contributed by atoms with Crippen molar-refractivity contribution in [1.82, 2.24) is 0 Å². The van der Waals surface area contributed by atoms with Gasteiger partial charge in [-0.15, -0.1) is 0 Å². The number of rotatable bonds is 7. The molecule has 0 aromatic rings. The second kappa shape index (κ2) is 7.56. The van der Waals surface area contributed by atoms with Crippen LogP contribution in [-0.2, 0) is 14.2 Å². The van der Waals surface area contributed by atoms with Crippen LogP contribution in [0.5, 0.6) is 0 Å². The van der Waals surface area contributed by atoms with Crippen molar-refractivity contribution in [3.8, 4) is 0 Å². The first-order valence-corrected chi connectivity index (χ1v) is 6.93. The van der Waals surface area contributed by atoms with E-state index in [1.165, 1.54) is 13.8 Å². The number of hydrogen-bond donors (Lipinski definition) is 0. The Morgan fingerprint density at radius 3 is 1.79 bits per heavy atom. The Labute approximate surface area is 152 Å². The number of hydrogen-bond acceptors (Lipinski definition) is 13. The second-order valence-corrected chi connectivity index (χ2v) is 5.69. The number of carbonyl (C=O) groups excluding carboxylic acids is 1. The van der Waals surface area contributed by atoms with E-state index in [1.54, 1.807) is 0 Å². The molecule has 0 aliphatic carbocycles. The first-order valence-electron chi connectivity index (χ1n) is 6.93. The minimum absolute atomic E-state index is 0.781. The third-order valence-corrected chi connectivity index (χ3v) is 3.44. The first kappa shape index (κ1) is 22.4. The molecule has 1 aliphatic rings. The standard InChI is InChI=1S/C9H12N6O13/c1-7(2)27-3-8(4-28-7,12(18)19)11(17)10-6(16)26-5-9(13(20)21,14(22)23)15(24)25/h3-5H2,1-2H3/b11-10-. The summed E-state index contributed by atoms with van der Waals surface area (Å²) in [5, 5.41) is 57.8. The zero-order chi connectivity index (χ0) is 21.9. The van der Waals surface area contributed by atoms with Gasteiger partial charge in [0.05, 0.1) is 0 Å². The Bertz CT molecular complexity index is 701. The highest BCUT2D eigenvalue weighted by molar-refractivity contribution is 5.66. The molecule has 1 aliphatic heterocycles. The van der Waals surface area contributed by atoms with E-state index in [4.69, 9.17) is 9.47 Å². The maximum atomic E-state index is 12.0. The van der Waals surface area contributed by atoms with E-state index in [0.717, 1.165) is 0 Å². The van der Waals surface area contributed by atoms with E-state index in [1.807, 2.05) is 0 Å². The van der Waals surface area contributed by atoms with Crippen LogP contribution in [-0.4, -0.2) is 67.7 Å². The Morgan fingerprint density at radius 2 is 1.43 bits per heavy atom. The van der Waals surface area contributed by atoms with Crippen molar-refractivity contribution in [2.45, 2.75) is 31.1 Å². The fourth-order valence-corrected chi connectivity index (χ4v) is 1.66. The van der Waals surface area contributed by atoms with Crippen LogP contribution in [0, 0.1) is 45.7 Å². The van der Waals surface area contributed by atoms with E-state index in [2.05, 4.69) is 9.85 Å². The predicted molar refractivity (Wildman–Crippen MR) is 76.8 cm³/mol. The minimum Gasteiger partial charge on any atom is -0.594 e. The van der Waals surface area contributed by atoms with Gasteiger partial charge in [-0.25, -0.2) is 4.79 Å². The van der Waals surface area contributed by atoms with Gasteiger partial charge in [-0.2, -0.15) is 0 Å². The normalized spacial score (nSPS) is 18.7. The molecule has 0 atom stereocenters. The molecule has 0 unspecified atom stereocenters. The Balaban J connectivity index is 3.04. The lowest BCUT2D eigenvalue weighted by Crippen LogP contribution is -2.60.